The van der Waals surface area contributed by atoms with Crippen molar-refractivity contribution in [2.45, 2.75) is 26.4 Å². The lowest BCUT2D eigenvalue weighted by atomic mass is 10.1. The van der Waals surface area contributed by atoms with E-state index in [0.29, 0.717) is 24.9 Å². The van der Waals surface area contributed by atoms with Crippen molar-refractivity contribution in [3.63, 3.8) is 0 Å². The molecule has 0 amide bonds. The Morgan fingerprint density at radius 2 is 2.04 bits per heavy atom. The van der Waals surface area contributed by atoms with Gasteiger partial charge in [0.2, 0.25) is 0 Å². The summed E-state index contributed by atoms with van der Waals surface area (Å²) in [5.74, 6) is 0.288. The molecule has 0 aliphatic rings. The van der Waals surface area contributed by atoms with Gasteiger partial charge in [-0.25, -0.2) is 0 Å². The lowest BCUT2D eigenvalue weighted by Crippen LogP contribution is -2.43. The summed E-state index contributed by atoms with van der Waals surface area (Å²) in [6.07, 6.45) is 3.66. The second-order valence-electron chi connectivity index (χ2n) is 6.06. The molecule has 1 aromatic heterocycles. The molecule has 0 atom stereocenters. The normalized spacial score (nSPS) is 11.2. The topological polar surface area (TPSA) is 84.6 Å². The fraction of sp³-hybridized carbons (Fsp3) is 0.350. The first-order chi connectivity index (χ1) is 13.1. The number of nitrogens with zero attached hydrogens (tertiary/aromatic N) is 2. The van der Waals surface area contributed by atoms with Gasteiger partial charge in [-0.3, -0.25) is 9.98 Å². The third-order valence-corrected chi connectivity index (χ3v) is 4.11. The summed E-state index contributed by atoms with van der Waals surface area (Å²) in [5, 5.41) is 6.47. The second-order valence-corrected chi connectivity index (χ2v) is 6.46. The Bertz CT molecular complexity index is 736. The molecule has 6 nitrogen and oxygen atoms in total. The lowest BCUT2D eigenvalue weighted by molar-refractivity contribution is 0.128. The summed E-state index contributed by atoms with van der Waals surface area (Å²) in [6.45, 7) is 4.37. The molecule has 0 bridgehead atoms. The average Bonchev–Trinajstić information content (AvgIpc) is 2.67. The fourth-order valence-corrected chi connectivity index (χ4v) is 2.64. The number of ether oxygens (including phenoxy) is 1. The summed E-state index contributed by atoms with van der Waals surface area (Å²) in [6, 6.07) is 14.0. The summed E-state index contributed by atoms with van der Waals surface area (Å²) < 4.78 is 5.56. The summed E-state index contributed by atoms with van der Waals surface area (Å²) in [4.78, 5) is 8.59. The van der Waals surface area contributed by atoms with Crippen molar-refractivity contribution < 1.29 is 4.74 Å². The van der Waals surface area contributed by atoms with Crippen molar-refractivity contribution in [3.05, 3.63) is 65.5 Å². The molecule has 0 saturated heterocycles. The van der Waals surface area contributed by atoms with E-state index < -0.39 is 0 Å². The minimum Gasteiger partial charge on any atom is -0.375 e. The second kappa shape index (κ2) is 12.0. The molecule has 0 fully saturated rings. The average molecular weight is 386 g/mol. The molecule has 4 N–H and O–H groups in total. The molecule has 1 aromatic carbocycles. The van der Waals surface area contributed by atoms with Crippen molar-refractivity contribution in [2.75, 3.05) is 19.7 Å². The number of pyridine rings is 1. The fourth-order valence-electron chi connectivity index (χ4n) is 2.43. The van der Waals surface area contributed by atoms with Crippen molar-refractivity contribution in [2.24, 2.45) is 10.7 Å². The Morgan fingerprint density at radius 3 is 2.81 bits per heavy atom. The van der Waals surface area contributed by atoms with E-state index in [4.69, 9.17) is 22.7 Å². The maximum atomic E-state index is 5.83. The zero-order valence-electron chi connectivity index (χ0n) is 15.6. The predicted molar refractivity (Wildman–Crippen MR) is 114 cm³/mol. The van der Waals surface area contributed by atoms with Gasteiger partial charge in [0.25, 0.3) is 0 Å². The van der Waals surface area contributed by atoms with E-state index in [2.05, 4.69) is 33.6 Å². The van der Waals surface area contributed by atoms with Gasteiger partial charge in [-0.1, -0.05) is 36.4 Å². The molecule has 0 aliphatic heterocycles. The molecule has 0 radical (unpaired) electrons. The molecular weight excluding hydrogens is 358 g/mol. The van der Waals surface area contributed by atoms with E-state index >= 15 is 0 Å². The Morgan fingerprint density at radius 1 is 1.22 bits per heavy atom. The predicted octanol–water partition coefficient (Wildman–Crippen LogP) is 2.32. The number of hydrogen-bond donors (Lipinski definition) is 3. The van der Waals surface area contributed by atoms with Crippen LogP contribution in [0.3, 0.4) is 0 Å². The van der Waals surface area contributed by atoms with Gasteiger partial charge in [-0.15, -0.1) is 0 Å². The highest BCUT2D eigenvalue weighted by Crippen LogP contribution is 2.05. The standard InChI is InChI=1S/C20H27N5OS/c1-16-7-5-11-22-18(16)10-6-12-24-20(27)25-19(21)23-13-14-26-15-17-8-3-2-4-9-17/h2-5,7-9,11H,6,10,12-15H2,1H3,(H4,21,23,24,25,27). The van der Waals surface area contributed by atoms with Crippen LogP contribution in [0.15, 0.2) is 53.7 Å². The zero-order chi connectivity index (χ0) is 19.3. The van der Waals surface area contributed by atoms with Crippen molar-refractivity contribution in [1.29, 1.82) is 0 Å². The molecule has 1 heterocycles. The first kappa shape index (κ1) is 20.8. The van der Waals surface area contributed by atoms with E-state index in [1.165, 1.54) is 5.56 Å². The zero-order valence-corrected chi connectivity index (χ0v) is 16.5. The van der Waals surface area contributed by atoms with E-state index in [-0.39, 0.29) is 5.96 Å². The van der Waals surface area contributed by atoms with Crippen LogP contribution in [0.4, 0.5) is 0 Å². The molecule has 0 saturated carbocycles. The number of aromatic nitrogens is 1. The van der Waals surface area contributed by atoms with Crippen LogP contribution < -0.4 is 16.4 Å². The van der Waals surface area contributed by atoms with Gasteiger partial charge < -0.3 is 21.1 Å². The van der Waals surface area contributed by atoms with E-state index in [9.17, 15) is 0 Å². The molecule has 7 heteroatoms. The molecule has 2 aromatic rings. The highest BCUT2D eigenvalue weighted by atomic mass is 32.1. The van der Waals surface area contributed by atoms with Gasteiger partial charge in [-0.2, -0.15) is 0 Å². The number of thiocarbonyl (C=S) groups is 1. The molecule has 0 aliphatic carbocycles. The van der Waals surface area contributed by atoms with Crippen LogP contribution in [0.2, 0.25) is 0 Å². The van der Waals surface area contributed by atoms with Crippen LogP contribution in [-0.2, 0) is 17.8 Å². The van der Waals surface area contributed by atoms with Crippen molar-refractivity contribution in [1.82, 2.24) is 15.6 Å². The Kier molecular flexibility index (Phi) is 9.23. The quantitative estimate of drug-likeness (QED) is 0.266. The number of aryl methyl sites for hydroxylation is 2. The Balaban J connectivity index is 1.55. The van der Waals surface area contributed by atoms with Gasteiger partial charge in [-0.05, 0) is 49.2 Å². The van der Waals surface area contributed by atoms with Crippen LogP contribution >= 0.6 is 12.2 Å². The van der Waals surface area contributed by atoms with Gasteiger partial charge in [0.05, 0.1) is 19.8 Å². The van der Waals surface area contributed by atoms with Crippen molar-refractivity contribution in [3.8, 4) is 0 Å². The molecule has 0 unspecified atom stereocenters. The number of hydrogen-bond acceptors (Lipinski definition) is 4. The molecule has 144 valence electrons. The minimum atomic E-state index is 0.288. The number of nitrogens with two attached hydrogens (primary N) is 1. The number of nitrogens with one attached hydrogen (secondary N) is 2. The smallest absolute Gasteiger partial charge is 0.194 e. The van der Waals surface area contributed by atoms with Gasteiger partial charge in [0.15, 0.2) is 11.1 Å². The first-order valence-corrected chi connectivity index (χ1v) is 9.43. The number of benzene rings is 1. The SMILES string of the molecule is Cc1cccnc1CCCNC(=S)NC(N)=NCCOCc1ccccc1. The third-order valence-electron chi connectivity index (χ3n) is 3.86. The van der Waals surface area contributed by atoms with Crippen LogP contribution in [0, 0.1) is 6.92 Å². The Hall–Kier alpha value is -2.51. The van der Waals surface area contributed by atoms with E-state index in [0.717, 1.165) is 30.6 Å². The molecular formula is C20H27N5OS. The van der Waals surface area contributed by atoms with Crippen LogP contribution in [0.25, 0.3) is 0 Å². The minimum absolute atomic E-state index is 0.288. The van der Waals surface area contributed by atoms with Crippen LogP contribution in [0.1, 0.15) is 23.2 Å². The monoisotopic (exact) mass is 385 g/mol. The largest absolute Gasteiger partial charge is 0.375 e. The van der Waals surface area contributed by atoms with Gasteiger partial charge in [0, 0.05) is 18.4 Å². The number of rotatable bonds is 9. The molecule has 0 spiro atoms. The Labute approximate surface area is 166 Å². The summed E-state index contributed by atoms with van der Waals surface area (Å²) >= 11 is 5.22. The number of aliphatic imine (C=N–C) groups is 1. The first-order valence-electron chi connectivity index (χ1n) is 9.02. The van der Waals surface area contributed by atoms with Gasteiger partial charge >= 0.3 is 0 Å². The van der Waals surface area contributed by atoms with E-state index in [1.54, 1.807) is 0 Å². The van der Waals surface area contributed by atoms with Crippen molar-refractivity contribution >= 4 is 23.3 Å². The number of guanidine groups is 1. The van der Waals surface area contributed by atoms with Gasteiger partial charge in [0.1, 0.15) is 0 Å². The van der Waals surface area contributed by atoms with E-state index in [1.807, 2.05) is 42.6 Å². The summed E-state index contributed by atoms with van der Waals surface area (Å²) in [7, 11) is 0. The highest BCUT2D eigenvalue weighted by Gasteiger charge is 2.01. The maximum Gasteiger partial charge on any atom is 0.194 e. The van der Waals surface area contributed by atoms with Crippen LogP contribution in [-0.4, -0.2) is 35.8 Å². The van der Waals surface area contributed by atoms with Crippen LogP contribution in [0.5, 0.6) is 0 Å². The third kappa shape index (κ3) is 8.61. The highest BCUT2D eigenvalue weighted by molar-refractivity contribution is 7.80. The maximum absolute atomic E-state index is 5.83. The molecule has 2 rings (SSSR count). The summed E-state index contributed by atoms with van der Waals surface area (Å²) in [5.41, 5.74) is 9.30. The molecule has 27 heavy (non-hydrogen) atoms. The lowest BCUT2D eigenvalue weighted by Gasteiger charge is -2.10.